The molecular weight excluding hydrogens is 418 g/mol. The molecule has 1 saturated heterocycles. The molecule has 0 aromatic rings. The zero-order valence-electron chi connectivity index (χ0n) is 14.1. The normalized spacial score (nSPS) is 11.9. The van der Waals surface area contributed by atoms with Crippen LogP contribution < -0.4 is 10.6 Å². The van der Waals surface area contributed by atoms with Gasteiger partial charge in [0.05, 0.1) is 32.7 Å². The van der Waals surface area contributed by atoms with Gasteiger partial charge in [-0.25, -0.2) is 4.79 Å². The SMILES string of the molecule is O=C(O)CN(CCN(CC(=O)O)CC(=O)O)CC(=O)O.O=C1CNC(=O)N1.[NaH].[NaH]. The third kappa shape index (κ3) is 19.8. The fraction of sp³-hybridized carbons (Fsp3) is 0.538. The van der Waals surface area contributed by atoms with Crippen molar-refractivity contribution >= 4 is 94.9 Å². The molecule has 0 radical (unpaired) electrons. The summed E-state index contributed by atoms with van der Waals surface area (Å²) in [4.78, 5) is 64.4. The van der Waals surface area contributed by atoms with E-state index in [2.05, 4.69) is 5.32 Å². The fourth-order valence-electron chi connectivity index (χ4n) is 1.85. The van der Waals surface area contributed by atoms with Crippen molar-refractivity contribution < 1.29 is 49.2 Å². The van der Waals surface area contributed by atoms with Gasteiger partial charge in [0, 0.05) is 13.1 Å². The molecule has 0 atom stereocenters. The summed E-state index contributed by atoms with van der Waals surface area (Å²) in [6.07, 6.45) is 0. The van der Waals surface area contributed by atoms with E-state index >= 15 is 0 Å². The predicted octanol–water partition coefficient (Wildman–Crippen LogP) is -4.54. The monoisotopic (exact) mass is 440 g/mol. The molecule has 16 heteroatoms. The van der Waals surface area contributed by atoms with Crippen LogP contribution in [0.4, 0.5) is 4.79 Å². The van der Waals surface area contributed by atoms with E-state index in [1.165, 1.54) is 0 Å². The van der Waals surface area contributed by atoms with Crippen LogP contribution in [0.15, 0.2) is 0 Å². The molecule has 0 spiro atoms. The van der Waals surface area contributed by atoms with Crippen molar-refractivity contribution in [1.29, 1.82) is 0 Å². The Bertz CT molecular complexity index is 522. The molecule has 0 bridgehead atoms. The van der Waals surface area contributed by atoms with E-state index in [1.54, 1.807) is 0 Å². The summed E-state index contributed by atoms with van der Waals surface area (Å²) in [7, 11) is 0. The van der Waals surface area contributed by atoms with Gasteiger partial charge in [-0.05, 0) is 0 Å². The molecule has 1 heterocycles. The van der Waals surface area contributed by atoms with E-state index in [-0.39, 0.29) is 84.7 Å². The molecule has 6 N–H and O–H groups in total. The van der Waals surface area contributed by atoms with Gasteiger partial charge in [-0.3, -0.25) is 39.1 Å². The van der Waals surface area contributed by atoms with E-state index in [1.807, 2.05) is 5.32 Å². The first kappa shape index (κ1) is 32.4. The third-order valence-electron chi connectivity index (χ3n) is 2.83. The van der Waals surface area contributed by atoms with Crippen LogP contribution in [0.5, 0.6) is 0 Å². The average molecular weight is 440 g/mol. The number of carbonyl (C=O) groups excluding carboxylic acids is 2. The molecule has 156 valence electrons. The molecule has 1 aliphatic rings. The number of carbonyl (C=O) groups is 6. The number of carboxylic acids is 4. The van der Waals surface area contributed by atoms with Crippen molar-refractivity contribution in [3.63, 3.8) is 0 Å². The van der Waals surface area contributed by atoms with E-state index in [0.29, 0.717) is 0 Å². The number of rotatable bonds is 11. The van der Waals surface area contributed by atoms with E-state index in [9.17, 15) is 28.8 Å². The summed E-state index contributed by atoms with van der Waals surface area (Å²) in [5, 5.41) is 38.8. The maximum absolute atomic E-state index is 10.6. The van der Waals surface area contributed by atoms with Crippen molar-refractivity contribution in [2.24, 2.45) is 0 Å². The van der Waals surface area contributed by atoms with Gasteiger partial charge in [0.15, 0.2) is 0 Å². The molecule has 3 amide bonds. The van der Waals surface area contributed by atoms with Crippen LogP contribution in [-0.2, 0) is 24.0 Å². The number of amides is 3. The minimum absolute atomic E-state index is 0. The second-order valence-corrected chi connectivity index (χ2v) is 5.23. The first-order valence-corrected chi connectivity index (χ1v) is 7.39. The topological polar surface area (TPSA) is 214 Å². The number of nitrogens with zero attached hydrogens (tertiary/aromatic N) is 2. The summed E-state index contributed by atoms with van der Waals surface area (Å²) < 4.78 is 0. The van der Waals surface area contributed by atoms with E-state index in [0.717, 1.165) is 9.80 Å². The van der Waals surface area contributed by atoms with Crippen molar-refractivity contribution in [1.82, 2.24) is 20.4 Å². The van der Waals surface area contributed by atoms with E-state index in [4.69, 9.17) is 20.4 Å². The Morgan fingerprint density at radius 3 is 1.17 bits per heavy atom. The van der Waals surface area contributed by atoms with Crippen molar-refractivity contribution in [3.05, 3.63) is 0 Å². The van der Waals surface area contributed by atoms with Gasteiger partial charge in [-0.15, -0.1) is 0 Å². The second-order valence-electron chi connectivity index (χ2n) is 5.23. The average Bonchev–Trinajstić information content (AvgIpc) is 2.86. The number of urea groups is 1. The van der Waals surface area contributed by atoms with Crippen LogP contribution in [0.1, 0.15) is 0 Å². The van der Waals surface area contributed by atoms with Gasteiger partial charge < -0.3 is 25.7 Å². The third-order valence-corrected chi connectivity index (χ3v) is 2.83. The summed E-state index contributed by atoms with van der Waals surface area (Å²) in [6, 6.07) is -0.398. The van der Waals surface area contributed by atoms with Gasteiger partial charge in [-0.1, -0.05) is 0 Å². The Morgan fingerprint density at radius 1 is 0.724 bits per heavy atom. The number of carboxylic acid groups (broad SMARTS) is 4. The number of nitrogens with one attached hydrogen (secondary N) is 2. The van der Waals surface area contributed by atoms with Crippen LogP contribution in [0, 0.1) is 0 Å². The molecule has 1 aliphatic heterocycles. The summed E-state index contributed by atoms with van der Waals surface area (Å²) in [5.41, 5.74) is 0. The molecular formula is C13H22N4Na2O10. The standard InChI is InChI=1S/C10H16N2O8.C3H4N2O2.2Na.2H/c13-7(14)3-11(4-8(15)16)1-2-12(5-9(17)18)6-10(19)20;6-2-1-4-3(7)5-2;;;;/h1-6H2,(H,13,14)(H,15,16)(H,17,18)(H,19,20);1H2,(H2,4,5,6,7);;;;. The Balaban J connectivity index is -0.000000632. The first-order valence-electron chi connectivity index (χ1n) is 7.39. The van der Waals surface area contributed by atoms with Gasteiger partial charge in [0.25, 0.3) is 0 Å². The molecule has 14 nitrogen and oxygen atoms in total. The van der Waals surface area contributed by atoms with E-state index < -0.39 is 56.1 Å². The molecule has 1 fully saturated rings. The van der Waals surface area contributed by atoms with Crippen LogP contribution in [0.2, 0.25) is 0 Å². The van der Waals surface area contributed by atoms with Crippen LogP contribution in [0.25, 0.3) is 0 Å². The Morgan fingerprint density at radius 2 is 1.03 bits per heavy atom. The summed E-state index contributed by atoms with van der Waals surface area (Å²) in [6.45, 7) is -2.13. The van der Waals surface area contributed by atoms with Crippen molar-refractivity contribution in [3.8, 4) is 0 Å². The zero-order chi connectivity index (χ0) is 21.0. The zero-order valence-corrected chi connectivity index (χ0v) is 14.1. The van der Waals surface area contributed by atoms with Crippen LogP contribution >= 0.6 is 0 Å². The fourth-order valence-corrected chi connectivity index (χ4v) is 1.85. The summed E-state index contributed by atoms with van der Waals surface area (Å²) >= 11 is 0. The van der Waals surface area contributed by atoms with Crippen LogP contribution in [0.3, 0.4) is 0 Å². The Labute approximate surface area is 209 Å². The number of hydrogen-bond donors (Lipinski definition) is 6. The van der Waals surface area contributed by atoms with Crippen LogP contribution in [-0.4, -0.2) is 171 Å². The molecule has 29 heavy (non-hydrogen) atoms. The molecule has 0 aromatic heterocycles. The maximum atomic E-state index is 10.6. The molecule has 0 aromatic carbocycles. The quantitative estimate of drug-likeness (QED) is 0.132. The van der Waals surface area contributed by atoms with Gasteiger partial charge in [0.1, 0.15) is 0 Å². The Hall–Kier alpha value is -1.26. The number of imide groups is 1. The number of hydrogen-bond acceptors (Lipinski definition) is 8. The van der Waals surface area contributed by atoms with Gasteiger partial charge in [0.2, 0.25) is 5.91 Å². The second kappa shape index (κ2) is 17.6. The van der Waals surface area contributed by atoms with Gasteiger partial charge in [-0.2, -0.15) is 0 Å². The van der Waals surface area contributed by atoms with Gasteiger partial charge >= 0.3 is 89.0 Å². The van der Waals surface area contributed by atoms with Crippen molar-refractivity contribution in [2.45, 2.75) is 0 Å². The summed E-state index contributed by atoms with van der Waals surface area (Å²) in [5.74, 6) is -5.17. The Kier molecular flexibility index (Phi) is 19.7. The molecule has 1 rings (SSSR count). The predicted molar refractivity (Wildman–Crippen MR) is 99.3 cm³/mol. The first-order chi connectivity index (χ1) is 12.5. The minimum atomic E-state index is -1.23. The van der Waals surface area contributed by atoms with Crippen molar-refractivity contribution in [2.75, 3.05) is 45.8 Å². The molecule has 0 unspecified atom stereocenters. The number of aliphatic carboxylic acids is 4. The molecule has 0 saturated carbocycles. The molecule has 0 aliphatic carbocycles.